The Morgan fingerprint density at radius 2 is 1.85 bits per heavy atom. The summed E-state index contributed by atoms with van der Waals surface area (Å²) in [5.41, 5.74) is -1.83. The average molecular weight is 582 g/mol. The van der Waals surface area contributed by atoms with E-state index in [1.165, 1.54) is 28.3 Å². The Labute approximate surface area is 226 Å². The Morgan fingerprint density at radius 3 is 2.52 bits per heavy atom. The summed E-state index contributed by atoms with van der Waals surface area (Å²) in [4.78, 5) is 26.5. The molecule has 40 heavy (non-hydrogen) atoms. The number of amides is 2. The molecule has 0 spiro atoms. The lowest BCUT2D eigenvalue weighted by molar-refractivity contribution is -0.137. The monoisotopic (exact) mass is 581 g/mol. The molecule has 0 saturated carbocycles. The van der Waals surface area contributed by atoms with Crippen LogP contribution >= 0.6 is 11.6 Å². The third kappa shape index (κ3) is 4.49. The van der Waals surface area contributed by atoms with Gasteiger partial charge in [0.05, 0.1) is 34.7 Å². The molecule has 4 aromatic rings. The molecule has 1 aromatic heterocycles. The predicted molar refractivity (Wildman–Crippen MR) is 133 cm³/mol. The van der Waals surface area contributed by atoms with Crippen molar-refractivity contribution in [1.82, 2.24) is 14.5 Å². The number of nitrogens with one attached hydrogen (secondary N) is 3. The number of nitrogens with zero attached hydrogens (tertiary/aromatic N) is 2. The van der Waals surface area contributed by atoms with Gasteiger partial charge in [0.2, 0.25) is 5.62 Å². The molecule has 1 aliphatic rings. The maximum absolute atomic E-state index is 14.2. The molecule has 14 heteroatoms. The number of hydrogen-bond acceptors (Lipinski definition) is 3. The van der Waals surface area contributed by atoms with E-state index in [1.54, 1.807) is 0 Å². The molecule has 0 radical (unpaired) electrons. The summed E-state index contributed by atoms with van der Waals surface area (Å²) in [6, 6.07) is 4.96. The number of hydrogen-bond donors (Lipinski definition) is 3. The van der Waals surface area contributed by atoms with Gasteiger partial charge in [0, 0.05) is 34.4 Å². The Balaban J connectivity index is 1.76. The number of alkyl halides is 4. The van der Waals surface area contributed by atoms with Crippen LogP contribution < -0.4 is 16.3 Å². The van der Waals surface area contributed by atoms with Crippen LogP contribution in [0.25, 0.3) is 11.0 Å². The van der Waals surface area contributed by atoms with Crippen LogP contribution in [0.15, 0.2) is 42.5 Å². The zero-order chi connectivity index (χ0) is 29.1. The zero-order valence-corrected chi connectivity index (χ0v) is 21.1. The Morgan fingerprint density at radius 1 is 1.12 bits per heavy atom. The van der Waals surface area contributed by atoms with Gasteiger partial charge in [-0.2, -0.15) is 13.2 Å². The maximum atomic E-state index is 14.2. The summed E-state index contributed by atoms with van der Waals surface area (Å²) < 4.78 is 84.0. The fourth-order valence-electron chi connectivity index (χ4n) is 4.89. The molecule has 2 amide bonds. The van der Waals surface area contributed by atoms with Crippen molar-refractivity contribution in [2.24, 2.45) is 7.05 Å². The molecule has 0 saturated heterocycles. The Bertz CT molecular complexity index is 1780. The fraction of sp³-hybridized carbons (Fsp3) is 0.192. The number of imidazole rings is 1. The molecule has 0 aliphatic carbocycles. The van der Waals surface area contributed by atoms with Crippen LogP contribution in [0.5, 0.6) is 0 Å². The van der Waals surface area contributed by atoms with E-state index in [-0.39, 0.29) is 56.7 Å². The molecule has 0 bridgehead atoms. The summed E-state index contributed by atoms with van der Waals surface area (Å²) in [7, 11) is 1.47. The van der Waals surface area contributed by atoms with E-state index in [9.17, 15) is 35.9 Å². The van der Waals surface area contributed by atoms with Crippen LogP contribution in [0.2, 0.25) is 5.02 Å². The molecule has 0 fully saturated rings. The van der Waals surface area contributed by atoms with Crippen molar-refractivity contribution in [1.29, 1.82) is 5.41 Å². The summed E-state index contributed by atoms with van der Waals surface area (Å²) in [6.45, 7) is -1.15. The Hall–Kier alpha value is -4.26. The van der Waals surface area contributed by atoms with Crippen molar-refractivity contribution in [3.63, 3.8) is 0 Å². The predicted octanol–water partition coefficient (Wildman–Crippen LogP) is 5.46. The first-order chi connectivity index (χ1) is 18.8. The van der Waals surface area contributed by atoms with Gasteiger partial charge in [-0.1, -0.05) is 11.6 Å². The smallest absolute Gasteiger partial charge is 0.341 e. The van der Waals surface area contributed by atoms with E-state index in [0.717, 1.165) is 12.1 Å². The Kier molecular flexibility index (Phi) is 6.65. The number of carbonyl (C=O) groups excluding carboxylic acids is 2. The molecular formula is C26H18ClF6N5O2. The largest absolute Gasteiger partial charge is 0.416 e. The number of rotatable bonds is 5. The van der Waals surface area contributed by atoms with Gasteiger partial charge >= 0.3 is 6.18 Å². The van der Waals surface area contributed by atoms with Gasteiger partial charge in [0.1, 0.15) is 18.3 Å². The van der Waals surface area contributed by atoms with Crippen molar-refractivity contribution in [2.75, 3.05) is 12.0 Å². The summed E-state index contributed by atoms with van der Waals surface area (Å²) in [5.74, 6) is -3.81. The second-order valence-corrected chi connectivity index (χ2v) is 9.46. The number of fused-ring (bicyclic) bond motifs is 3. The van der Waals surface area contributed by atoms with Gasteiger partial charge in [-0.3, -0.25) is 15.0 Å². The molecule has 1 atom stereocenters. The molecule has 3 N–H and O–H groups in total. The van der Waals surface area contributed by atoms with Gasteiger partial charge in [-0.05, 0) is 42.5 Å². The minimum atomic E-state index is -4.93. The van der Waals surface area contributed by atoms with E-state index >= 15 is 0 Å². The van der Waals surface area contributed by atoms with Crippen molar-refractivity contribution in [2.45, 2.75) is 18.8 Å². The van der Waals surface area contributed by atoms with Crippen molar-refractivity contribution in [3.8, 4) is 0 Å². The number of aryl methyl sites for hydroxylation is 2. The molecule has 1 aliphatic heterocycles. The number of halogens is 7. The molecule has 2 heterocycles. The van der Waals surface area contributed by atoms with Crippen molar-refractivity contribution < 1.29 is 35.9 Å². The third-order valence-electron chi connectivity index (χ3n) is 6.62. The minimum absolute atomic E-state index is 0.0399. The standard InChI is InChI=1S/C26H18ClF6N5O2/c1-37-22-18(38(5-4-28)25(37)34)10-17(35-23(39)11-6-12(26(31,32)33)8-14(30)7-11)19-20(22)24(40)36-21(19)15-9-13(29)2-3-16(15)27/h2-3,6-10,21,34H,4-5H2,1H3,(H,35,39)(H,36,40). The molecule has 7 nitrogen and oxygen atoms in total. The zero-order valence-electron chi connectivity index (χ0n) is 20.4. The van der Waals surface area contributed by atoms with Gasteiger partial charge in [0.25, 0.3) is 11.8 Å². The fourth-order valence-corrected chi connectivity index (χ4v) is 5.11. The van der Waals surface area contributed by atoms with Crippen LogP contribution in [0.3, 0.4) is 0 Å². The summed E-state index contributed by atoms with van der Waals surface area (Å²) in [5, 5.41) is 13.6. The molecular weight excluding hydrogens is 564 g/mol. The second kappa shape index (κ2) is 9.73. The second-order valence-electron chi connectivity index (χ2n) is 9.06. The van der Waals surface area contributed by atoms with Gasteiger partial charge < -0.3 is 19.8 Å². The summed E-state index contributed by atoms with van der Waals surface area (Å²) in [6.07, 6.45) is -4.93. The highest BCUT2D eigenvalue weighted by Gasteiger charge is 2.38. The number of benzene rings is 3. The van der Waals surface area contributed by atoms with E-state index in [2.05, 4.69) is 10.6 Å². The molecule has 5 rings (SSSR count). The van der Waals surface area contributed by atoms with Crippen LogP contribution in [0.1, 0.15) is 43.4 Å². The van der Waals surface area contributed by atoms with Gasteiger partial charge in [0.15, 0.2) is 0 Å². The summed E-state index contributed by atoms with van der Waals surface area (Å²) >= 11 is 6.31. The highest BCUT2D eigenvalue weighted by atomic mass is 35.5. The lowest BCUT2D eigenvalue weighted by Crippen LogP contribution is -2.23. The van der Waals surface area contributed by atoms with Gasteiger partial charge in [-0.15, -0.1) is 0 Å². The topological polar surface area (TPSA) is 91.9 Å². The van der Waals surface area contributed by atoms with Gasteiger partial charge in [-0.25, -0.2) is 13.2 Å². The highest BCUT2D eigenvalue weighted by molar-refractivity contribution is 6.31. The SMILES string of the molecule is Cn1c(=N)n(CCF)c2cc(NC(=O)c3cc(F)cc(C(F)(F)F)c3)c3c(c21)C(=O)NC3c1cc(F)ccc1Cl. The normalized spacial score (nSPS) is 14.9. The number of aromatic nitrogens is 2. The van der Waals surface area contributed by atoms with Crippen LogP contribution in [0.4, 0.5) is 32.0 Å². The third-order valence-corrected chi connectivity index (χ3v) is 6.97. The van der Waals surface area contributed by atoms with Crippen LogP contribution in [-0.2, 0) is 19.8 Å². The lowest BCUT2D eigenvalue weighted by Gasteiger charge is -2.19. The van der Waals surface area contributed by atoms with E-state index in [0.29, 0.717) is 12.1 Å². The number of carbonyl (C=O) groups is 2. The van der Waals surface area contributed by atoms with E-state index < -0.39 is 53.5 Å². The van der Waals surface area contributed by atoms with Crippen molar-refractivity contribution >= 4 is 40.1 Å². The maximum Gasteiger partial charge on any atom is 0.416 e. The van der Waals surface area contributed by atoms with E-state index in [4.69, 9.17) is 17.0 Å². The molecule has 1 unspecified atom stereocenters. The number of anilines is 1. The van der Waals surface area contributed by atoms with Crippen molar-refractivity contribution in [3.05, 3.63) is 92.6 Å². The van der Waals surface area contributed by atoms with Crippen LogP contribution in [-0.4, -0.2) is 27.6 Å². The first-order valence-corrected chi connectivity index (χ1v) is 12.0. The lowest BCUT2D eigenvalue weighted by atomic mass is 9.95. The molecule has 208 valence electrons. The van der Waals surface area contributed by atoms with Crippen LogP contribution in [0, 0.1) is 17.0 Å². The molecule has 3 aromatic carbocycles. The quantitative estimate of drug-likeness (QED) is 0.273. The first-order valence-electron chi connectivity index (χ1n) is 11.6. The van der Waals surface area contributed by atoms with E-state index in [1.807, 2.05) is 0 Å². The minimum Gasteiger partial charge on any atom is -0.341 e. The average Bonchev–Trinajstić information content (AvgIpc) is 3.34. The highest BCUT2D eigenvalue weighted by Crippen LogP contribution is 2.43. The first kappa shape index (κ1) is 27.3.